The maximum Gasteiger partial charge on any atom is 0.339 e. The van der Waals surface area contributed by atoms with Gasteiger partial charge in [0.2, 0.25) is 12.7 Å². The summed E-state index contributed by atoms with van der Waals surface area (Å²) < 4.78 is 15.3. The van der Waals surface area contributed by atoms with E-state index in [0.29, 0.717) is 35.0 Å². The SMILES string of the molecule is COC(=O)c1c(CC(=O)NCc2ccc3c(c2)OCO3)[nH]c(C(C)=O)c1C. The smallest absolute Gasteiger partial charge is 0.339 e. The lowest BCUT2D eigenvalue weighted by molar-refractivity contribution is -0.120. The van der Waals surface area contributed by atoms with Crippen LogP contribution >= 0.6 is 0 Å². The first kappa shape index (κ1) is 18.5. The number of esters is 1. The van der Waals surface area contributed by atoms with E-state index in [1.807, 2.05) is 6.07 Å². The van der Waals surface area contributed by atoms with E-state index in [4.69, 9.17) is 14.2 Å². The van der Waals surface area contributed by atoms with Crippen LogP contribution in [-0.2, 0) is 22.5 Å². The molecule has 142 valence electrons. The molecular weight excluding hydrogens is 352 g/mol. The number of carbonyl (C=O) groups excluding carboxylic acids is 3. The normalized spacial score (nSPS) is 12.0. The molecule has 27 heavy (non-hydrogen) atoms. The molecule has 2 N–H and O–H groups in total. The van der Waals surface area contributed by atoms with Crippen LogP contribution in [0.25, 0.3) is 0 Å². The lowest BCUT2D eigenvalue weighted by Gasteiger charge is -2.07. The van der Waals surface area contributed by atoms with E-state index in [-0.39, 0.29) is 30.5 Å². The van der Waals surface area contributed by atoms with Gasteiger partial charge in [0.1, 0.15) is 0 Å². The zero-order valence-electron chi connectivity index (χ0n) is 15.3. The monoisotopic (exact) mass is 372 g/mol. The Morgan fingerprint density at radius 2 is 1.96 bits per heavy atom. The quantitative estimate of drug-likeness (QED) is 0.592. The predicted octanol–water partition coefficient (Wildman–Crippen LogP) is 1.90. The number of aromatic amines is 1. The minimum absolute atomic E-state index is 0.0803. The second-order valence-corrected chi connectivity index (χ2v) is 6.17. The molecule has 8 nitrogen and oxygen atoms in total. The number of amides is 1. The van der Waals surface area contributed by atoms with E-state index in [9.17, 15) is 14.4 Å². The largest absolute Gasteiger partial charge is 0.465 e. The first-order chi connectivity index (χ1) is 12.9. The fourth-order valence-electron chi connectivity index (χ4n) is 3.00. The zero-order valence-corrected chi connectivity index (χ0v) is 15.3. The number of benzene rings is 1. The Morgan fingerprint density at radius 3 is 2.67 bits per heavy atom. The lowest BCUT2D eigenvalue weighted by atomic mass is 10.1. The molecule has 1 aliphatic heterocycles. The second-order valence-electron chi connectivity index (χ2n) is 6.17. The van der Waals surface area contributed by atoms with Gasteiger partial charge in [-0.15, -0.1) is 0 Å². The maximum absolute atomic E-state index is 12.3. The van der Waals surface area contributed by atoms with E-state index >= 15 is 0 Å². The van der Waals surface area contributed by atoms with Gasteiger partial charge in [-0.25, -0.2) is 4.79 Å². The highest BCUT2D eigenvalue weighted by atomic mass is 16.7. The van der Waals surface area contributed by atoms with Crippen LogP contribution in [0.15, 0.2) is 18.2 Å². The van der Waals surface area contributed by atoms with Crippen molar-refractivity contribution >= 4 is 17.7 Å². The lowest BCUT2D eigenvalue weighted by Crippen LogP contribution is -2.25. The Hall–Kier alpha value is -3.29. The minimum atomic E-state index is -0.588. The van der Waals surface area contributed by atoms with Gasteiger partial charge in [-0.05, 0) is 30.2 Å². The van der Waals surface area contributed by atoms with Gasteiger partial charge < -0.3 is 24.5 Å². The van der Waals surface area contributed by atoms with Gasteiger partial charge in [-0.3, -0.25) is 9.59 Å². The number of hydrogen-bond donors (Lipinski definition) is 2. The van der Waals surface area contributed by atoms with Crippen molar-refractivity contribution in [3.8, 4) is 11.5 Å². The first-order valence-electron chi connectivity index (χ1n) is 8.36. The summed E-state index contributed by atoms with van der Waals surface area (Å²) >= 11 is 0. The van der Waals surface area contributed by atoms with Gasteiger partial charge in [-0.1, -0.05) is 6.07 Å². The molecule has 2 aromatic rings. The van der Waals surface area contributed by atoms with Gasteiger partial charge in [0.15, 0.2) is 17.3 Å². The van der Waals surface area contributed by atoms with E-state index in [1.54, 1.807) is 19.1 Å². The molecule has 0 saturated carbocycles. The number of nitrogens with one attached hydrogen (secondary N) is 2. The summed E-state index contributed by atoms with van der Waals surface area (Å²) in [5.74, 6) is 0.209. The minimum Gasteiger partial charge on any atom is -0.465 e. The Morgan fingerprint density at radius 1 is 1.22 bits per heavy atom. The predicted molar refractivity (Wildman–Crippen MR) is 95.0 cm³/mol. The van der Waals surface area contributed by atoms with Crippen molar-refractivity contribution in [3.63, 3.8) is 0 Å². The number of H-pyrrole nitrogens is 1. The third-order valence-electron chi connectivity index (χ3n) is 4.33. The molecule has 3 rings (SSSR count). The fraction of sp³-hybridized carbons (Fsp3) is 0.316. The topological polar surface area (TPSA) is 107 Å². The maximum atomic E-state index is 12.3. The molecule has 8 heteroatoms. The van der Waals surface area contributed by atoms with E-state index < -0.39 is 5.97 Å². The summed E-state index contributed by atoms with van der Waals surface area (Å²) in [5, 5.41) is 2.79. The van der Waals surface area contributed by atoms with Crippen molar-refractivity contribution in [2.45, 2.75) is 26.8 Å². The van der Waals surface area contributed by atoms with E-state index in [2.05, 4.69) is 10.3 Å². The summed E-state index contributed by atoms with van der Waals surface area (Å²) in [7, 11) is 1.26. The van der Waals surface area contributed by atoms with E-state index in [0.717, 1.165) is 5.56 Å². The third kappa shape index (κ3) is 3.79. The van der Waals surface area contributed by atoms with Crippen molar-refractivity contribution < 1.29 is 28.6 Å². The molecular formula is C19H20N2O6. The molecule has 2 heterocycles. The van der Waals surface area contributed by atoms with E-state index in [1.165, 1.54) is 14.0 Å². The van der Waals surface area contributed by atoms with Crippen molar-refractivity contribution in [1.82, 2.24) is 10.3 Å². The van der Waals surface area contributed by atoms with Gasteiger partial charge in [0, 0.05) is 19.2 Å². The first-order valence-corrected chi connectivity index (χ1v) is 8.36. The Labute approximate surface area is 155 Å². The average molecular weight is 372 g/mol. The zero-order chi connectivity index (χ0) is 19.6. The van der Waals surface area contributed by atoms with Crippen LogP contribution in [-0.4, -0.2) is 36.5 Å². The van der Waals surface area contributed by atoms with Crippen LogP contribution in [0, 0.1) is 6.92 Å². The second kappa shape index (κ2) is 7.53. The Kier molecular flexibility index (Phi) is 5.16. The highest BCUT2D eigenvalue weighted by Crippen LogP contribution is 2.32. The van der Waals surface area contributed by atoms with Crippen LogP contribution in [0.3, 0.4) is 0 Å². The van der Waals surface area contributed by atoms with Crippen LogP contribution in [0.4, 0.5) is 0 Å². The number of ether oxygens (including phenoxy) is 3. The Bertz CT molecular complexity index is 915. The van der Waals surface area contributed by atoms with Crippen LogP contribution in [0.1, 0.15) is 44.6 Å². The van der Waals surface area contributed by atoms with Gasteiger partial charge in [-0.2, -0.15) is 0 Å². The number of Topliss-reactive ketones (excluding diaryl/α,β-unsaturated/α-hetero) is 1. The number of rotatable bonds is 6. The van der Waals surface area contributed by atoms with Crippen molar-refractivity contribution in [2.75, 3.05) is 13.9 Å². The van der Waals surface area contributed by atoms with Crippen LogP contribution < -0.4 is 14.8 Å². The van der Waals surface area contributed by atoms with Crippen LogP contribution in [0.5, 0.6) is 11.5 Å². The molecule has 0 fully saturated rings. The summed E-state index contributed by atoms with van der Waals surface area (Å²) in [4.78, 5) is 39.0. The summed E-state index contributed by atoms with van der Waals surface area (Å²) in [5.41, 5.74) is 2.21. The summed E-state index contributed by atoms with van der Waals surface area (Å²) in [6.07, 6.45) is -0.0803. The standard InChI is InChI=1S/C19H20N2O6/c1-10-17(19(24)25-3)13(21-18(10)11(2)22)7-16(23)20-8-12-4-5-14-15(6-12)27-9-26-14/h4-6,21H,7-9H2,1-3H3,(H,20,23). The van der Waals surface area contributed by atoms with Gasteiger partial charge in [0.25, 0.3) is 0 Å². The number of carbonyl (C=O) groups is 3. The van der Waals surface area contributed by atoms with Gasteiger partial charge in [0.05, 0.1) is 24.8 Å². The summed E-state index contributed by atoms with van der Waals surface area (Å²) in [6, 6.07) is 5.42. The molecule has 1 aliphatic rings. The number of methoxy groups -OCH3 is 1. The fourth-order valence-corrected chi connectivity index (χ4v) is 3.00. The molecule has 0 bridgehead atoms. The summed E-state index contributed by atoms with van der Waals surface area (Å²) in [6.45, 7) is 3.52. The average Bonchev–Trinajstić information content (AvgIpc) is 3.23. The van der Waals surface area contributed by atoms with Crippen molar-refractivity contribution in [1.29, 1.82) is 0 Å². The highest BCUT2D eigenvalue weighted by molar-refractivity contribution is 6.01. The van der Waals surface area contributed by atoms with Gasteiger partial charge >= 0.3 is 5.97 Å². The number of fused-ring (bicyclic) bond motifs is 1. The number of hydrogen-bond acceptors (Lipinski definition) is 6. The molecule has 0 unspecified atom stereocenters. The van der Waals surface area contributed by atoms with Crippen LogP contribution in [0.2, 0.25) is 0 Å². The molecule has 0 radical (unpaired) electrons. The molecule has 0 atom stereocenters. The number of aromatic nitrogens is 1. The number of ketones is 1. The highest BCUT2D eigenvalue weighted by Gasteiger charge is 2.24. The molecule has 0 spiro atoms. The Balaban J connectivity index is 1.71. The molecule has 1 aromatic heterocycles. The molecule has 0 saturated heterocycles. The van der Waals surface area contributed by atoms with Crippen molar-refractivity contribution in [2.24, 2.45) is 0 Å². The van der Waals surface area contributed by atoms with Crippen molar-refractivity contribution in [3.05, 3.63) is 46.3 Å². The molecule has 0 aliphatic carbocycles. The molecule has 1 amide bonds. The molecule has 1 aromatic carbocycles. The third-order valence-corrected chi connectivity index (χ3v) is 4.33.